The van der Waals surface area contributed by atoms with E-state index in [1.165, 1.54) is 6.20 Å². The Labute approximate surface area is 123 Å². The highest BCUT2D eigenvalue weighted by Crippen LogP contribution is 2.21. The molecular weight excluding hydrogens is 280 g/mol. The van der Waals surface area contributed by atoms with Gasteiger partial charge in [-0.3, -0.25) is 4.79 Å². The maximum absolute atomic E-state index is 12.3. The number of carbonyl (C=O) groups is 1. The summed E-state index contributed by atoms with van der Waals surface area (Å²) in [5, 5.41) is 0.331. The molecule has 1 aliphatic heterocycles. The van der Waals surface area contributed by atoms with Crippen molar-refractivity contribution >= 4 is 23.3 Å². The van der Waals surface area contributed by atoms with E-state index < -0.39 is 0 Å². The topological polar surface area (TPSA) is 80.5 Å². The number of rotatable bonds is 4. The molecule has 1 fully saturated rings. The molecule has 0 atom stereocenters. The normalized spacial score (nSPS) is 15.9. The van der Waals surface area contributed by atoms with Gasteiger partial charge < -0.3 is 15.1 Å². The summed E-state index contributed by atoms with van der Waals surface area (Å²) in [7, 11) is 1.79. The maximum Gasteiger partial charge on any atom is 0.255 e. The lowest BCUT2D eigenvalue weighted by Crippen LogP contribution is -2.34. The van der Waals surface area contributed by atoms with Gasteiger partial charge in [-0.15, -0.1) is 0 Å². The number of amides is 1. The van der Waals surface area contributed by atoms with Gasteiger partial charge in [0.2, 0.25) is 0 Å². The van der Waals surface area contributed by atoms with E-state index in [1.807, 2.05) is 0 Å². The van der Waals surface area contributed by atoms with Crippen molar-refractivity contribution in [2.24, 2.45) is 11.8 Å². The van der Waals surface area contributed by atoms with Gasteiger partial charge in [-0.2, -0.15) is 0 Å². The third-order valence-electron chi connectivity index (χ3n) is 3.44. The second kappa shape index (κ2) is 6.88. The van der Waals surface area contributed by atoms with Gasteiger partial charge in [0.25, 0.3) is 5.91 Å². The highest BCUT2D eigenvalue weighted by Gasteiger charge is 2.20. The number of carbonyl (C=O) groups excluding carboxylic acids is 1. The number of halogens is 1. The van der Waals surface area contributed by atoms with E-state index in [9.17, 15) is 4.79 Å². The lowest BCUT2D eigenvalue weighted by molar-refractivity contribution is 0.0497. The molecule has 0 radical (unpaired) electrons. The first-order valence-corrected chi connectivity index (χ1v) is 6.95. The van der Waals surface area contributed by atoms with Gasteiger partial charge in [0.15, 0.2) is 5.82 Å². The van der Waals surface area contributed by atoms with Crippen molar-refractivity contribution in [2.45, 2.75) is 12.8 Å². The van der Waals surface area contributed by atoms with Crippen molar-refractivity contribution in [3.63, 3.8) is 0 Å². The summed E-state index contributed by atoms with van der Waals surface area (Å²) in [6.07, 6.45) is 3.46. The molecule has 1 aromatic heterocycles. The zero-order valence-electron chi connectivity index (χ0n) is 11.4. The quantitative estimate of drug-likeness (QED) is 0.651. The molecule has 110 valence electrons. The van der Waals surface area contributed by atoms with E-state index in [1.54, 1.807) is 18.0 Å². The van der Waals surface area contributed by atoms with Gasteiger partial charge in [-0.05, 0) is 24.8 Å². The fraction of sp³-hybridized carbons (Fsp3) is 0.538. The van der Waals surface area contributed by atoms with E-state index in [0.717, 1.165) is 32.6 Å². The van der Waals surface area contributed by atoms with Crippen LogP contribution >= 0.6 is 11.6 Å². The van der Waals surface area contributed by atoms with Crippen molar-refractivity contribution in [2.75, 3.05) is 32.2 Å². The number of hydrogen-bond acceptors (Lipinski definition) is 5. The van der Waals surface area contributed by atoms with E-state index in [2.05, 4.69) is 10.4 Å². The van der Waals surface area contributed by atoms with Crippen molar-refractivity contribution in [3.05, 3.63) is 22.8 Å². The fourth-order valence-corrected chi connectivity index (χ4v) is 2.50. The molecular formula is C13H19ClN4O2. The molecule has 2 rings (SSSR count). The minimum Gasteiger partial charge on any atom is -0.381 e. The summed E-state index contributed by atoms with van der Waals surface area (Å²) in [5.41, 5.74) is 2.84. The van der Waals surface area contributed by atoms with Gasteiger partial charge in [-0.1, -0.05) is 11.6 Å². The molecule has 0 unspecified atom stereocenters. The summed E-state index contributed by atoms with van der Waals surface area (Å²) in [6, 6.07) is 1.58. The Kier molecular flexibility index (Phi) is 5.17. The lowest BCUT2D eigenvalue weighted by Gasteiger charge is -2.27. The summed E-state index contributed by atoms with van der Waals surface area (Å²) in [6.45, 7) is 2.27. The smallest absolute Gasteiger partial charge is 0.255 e. The van der Waals surface area contributed by atoms with Crippen LogP contribution in [0, 0.1) is 5.92 Å². The molecule has 7 heteroatoms. The Morgan fingerprint density at radius 3 is 2.90 bits per heavy atom. The Morgan fingerprint density at radius 2 is 2.30 bits per heavy atom. The second-order valence-corrected chi connectivity index (χ2v) is 5.35. The highest BCUT2D eigenvalue weighted by molar-refractivity contribution is 6.33. The molecule has 0 spiro atoms. The number of hydrazine groups is 1. The number of hydrogen-bond donors (Lipinski definition) is 2. The molecule has 1 aliphatic rings. The van der Waals surface area contributed by atoms with Crippen LogP contribution in [0.1, 0.15) is 23.2 Å². The predicted octanol–water partition coefficient (Wildman–Crippen LogP) is 1.52. The van der Waals surface area contributed by atoms with Crippen molar-refractivity contribution < 1.29 is 9.53 Å². The van der Waals surface area contributed by atoms with Gasteiger partial charge in [0.05, 0.1) is 10.6 Å². The van der Waals surface area contributed by atoms with Gasteiger partial charge >= 0.3 is 0 Å². The molecule has 1 amide bonds. The van der Waals surface area contributed by atoms with Crippen molar-refractivity contribution in [1.82, 2.24) is 9.88 Å². The zero-order valence-corrected chi connectivity index (χ0v) is 12.2. The van der Waals surface area contributed by atoms with Crippen LogP contribution in [-0.4, -0.2) is 42.6 Å². The molecule has 0 bridgehead atoms. The average molecular weight is 299 g/mol. The number of anilines is 1. The third-order valence-corrected chi connectivity index (χ3v) is 3.73. The molecule has 1 aromatic rings. The van der Waals surface area contributed by atoms with Crippen LogP contribution in [0.5, 0.6) is 0 Å². The first-order chi connectivity index (χ1) is 9.61. The Bertz CT molecular complexity index is 477. The Morgan fingerprint density at radius 1 is 1.60 bits per heavy atom. The predicted molar refractivity (Wildman–Crippen MR) is 77.6 cm³/mol. The highest BCUT2D eigenvalue weighted by atomic mass is 35.5. The molecule has 0 saturated carbocycles. The van der Waals surface area contributed by atoms with Crippen molar-refractivity contribution in [3.8, 4) is 0 Å². The molecule has 20 heavy (non-hydrogen) atoms. The summed E-state index contributed by atoms with van der Waals surface area (Å²) >= 11 is 5.98. The number of nitrogens with zero attached hydrogens (tertiary/aromatic N) is 2. The van der Waals surface area contributed by atoms with Crippen LogP contribution < -0.4 is 11.3 Å². The zero-order chi connectivity index (χ0) is 14.5. The average Bonchev–Trinajstić information content (AvgIpc) is 2.47. The molecule has 2 heterocycles. The van der Waals surface area contributed by atoms with Crippen LogP contribution in [0.15, 0.2) is 12.3 Å². The fourth-order valence-electron chi connectivity index (χ4n) is 2.28. The van der Waals surface area contributed by atoms with Crippen LogP contribution in [0.25, 0.3) is 0 Å². The number of ether oxygens (including phenoxy) is 1. The standard InChI is InChI=1S/C13H19ClN4O2/c1-18(8-9-2-4-20-5-3-9)13(19)10-6-11(14)12(17-15)16-7-10/h6-7,9H,2-5,8,15H2,1H3,(H,16,17). The van der Waals surface area contributed by atoms with Gasteiger partial charge in [-0.25, -0.2) is 10.8 Å². The van der Waals surface area contributed by atoms with E-state index in [-0.39, 0.29) is 5.91 Å². The number of nitrogens with one attached hydrogen (secondary N) is 1. The first kappa shape index (κ1) is 15.0. The molecule has 0 aromatic carbocycles. The van der Waals surface area contributed by atoms with Gasteiger partial charge in [0, 0.05) is 33.0 Å². The second-order valence-electron chi connectivity index (χ2n) is 4.94. The SMILES string of the molecule is CN(CC1CCOCC1)C(=O)c1cnc(NN)c(Cl)c1. The monoisotopic (exact) mass is 298 g/mol. The summed E-state index contributed by atoms with van der Waals surface area (Å²) < 4.78 is 5.32. The third kappa shape index (κ3) is 3.59. The minimum absolute atomic E-state index is 0.0885. The Balaban J connectivity index is 2.00. The van der Waals surface area contributed by atoms with Crippen LogP contribution in [0.4, 0.5) is 5.82 Å². The van der Waals surface area contributed by atoms with Crippen LogP contribution in [0.3, 0.4) is 0 Å². The van der Waals surface area contributed by atoms with Gasteiger partial charge in [0.1, 0.15) is 0 Å². The number of nitrogen functional groups attached to an aromatic ring is 1. The summed E-state index contributed by atoms with van der Waals surface area (Å²) in [4.78, 5) is 18.0. The maximum atomic E-state index is 12.3. The Hall–Kier alpha value is -1.37. The number of aromatic nitrogens is 1. The molecule has 6 nitrogen and oxygen atoms in total. The number of pyridine rings is 1. The minimum atomic E-state index is -0.0885. The molecule has 1 saturated heterocycles. The first-order valence-electron chi connectivity index (χ1n) is 6.57. The largest absolute Gasteiger partial charge is 0.381 e. The number of nitrogens with two attached hydrogens (primary N) is 1. The molecule has 3 N–H and O–H groups in total. The van der Waals surface area contributed by atoms with Crippen LogP contribution in [0.2, 0.25) is 5.02 Å². The van der Waals surface area contributed by atoms with E-state index in [4.69, 9.17) is 22.2 Å². The lowest BCUT2D eigenvalue weighted by atomic mass is 10.00. The van der Waals surface area contributed by atoms with E-state index in [0.29, 0.717) is 22.3 Å². The van der Waals surface area contributed by atoms with Crippen LogP contribution in [-0.2, 0) is 4.74 Å². The van der Waals surface area contributed by atoms with E-state index >= 15 is 0 Å². The molecule has 0 aliphatic carbocycles. The summed E-state index contributed by atoms with van der Waals surface area (Å²) in [5.74, 6) is 6.02. The van der Waals surface area contributed by atoms with Crippen molar-refractivity contribution in [1.29, 1.82) is 0 Å².